The minimum absolute atomic E-state index is 0.124. The Hall–Kier alpha value is -2.00. The van der Waals surface area contributed by atoms with Gasteiger partial charge in [0.05, 0.1) is 0 Å². The Morgan fingerprint density at radius 3 is 2.32 bits per heavy atom. The maximum Gasteiger partial charge on any atom is 0.253 e. The van der Waals surface area contributed by atoms with Crippen LogP contribution in [0.4, 0.5) is 5.69 Å². The molecule has 0 bridgehead atoms. The number of aryl methyl sites for hydroxylation is 1. The summed E-state index contributed by atoms with van der Waals surface area (Å²) in [6.45, 7) is 5.19. The van der Waals surface area contributed by atoms with Gasteiger partial charge in [0.2, 0.25) is 0 Å². The van der Waals surface area contributed by atoms with Crippen LogP contribution in [0.2, 0.25) is 5.02 Å². The predicted octanol–water partition coefficient (Wildman–Crippen LogP) is 3.61. The van der Waals surface area contributed by atoms with Crippen LogP contribution in [0, 0.1) is 6.92 Å². The molecule has 0 N–H and O–H groups in total. The number of benzene rings is 2. The molecule has 22 heavy (non-hydrogen) atoms. The van der Waals surface area contributed by atoms with Gasteiger partial charge in [0.15, 0.2) is 0 Å². The summed E-state index contributed by atoms with van der Waals surface area (Å²) < 4.78 is 0. The lowest BCUT2D eigenvalue weighted by Crippen LogP contribution is -2.48. The van der Waals surface area contributed by atoms with E-state index in [2.05, 4.69) is 4.90 Å². The molecule has 3 rings (SSSR count). The van der Waals surface area contributed by atoms with Gasteiger partial charge >= 0.3 is 0 Å². The van der Waals surface area contributed by atoms with E-state index in [0.29, 0.717) is 0 Å². The fraction of sp³-hybridized carbons (Fsp3) is 0.278. The van der Waals surface area contributed by atoms with Crippen molar-refractivity contribution in [3.05, 3.63) is 64.7 Å². The fourth-order valence-electron chi connectivity index (χ4n) is 2.78. The third kappa shape index (κ3) is 3.25. The lowest BCUT2D eigenvalue weighted by Gasteiger charge is -2.36. The van der Waals surface area contributed by atoms with Crippen LogP contribution < -0.4 is 4.90 Å². The zero-order valence-electron chi connectivity index (χ0n) is 12.6. The lowest BCUT2D eigenvalue weighted by molar-refractivity contribution is 0.0746. The van der Waals surface area contributed by atoms with Crippen LogP contribution in [0.25, 0.3) is 0 Å². The number of carbonyl (C=O) groups excluding carboxylic acids is 1. The normalized spacial score (nSPS) is 15.0. The first-order chi connectivity index (χ1) is 10.6. The van der Waals surface area contributed by atoms with Crippen LogP contribution in [0.1, 0.15) is 15.9 Å². The van der Waals surface area contributed by atoms with Crippen LogP contribution in [-0.2, 0) is 0 Å². The topological polar surface area (TPSA) is 23.6 Å². The maximum absolute atomic E-state index is 12.5. The van der Waals surface area contributed by atoms with Gasteiger partial charge in [-0.15, -0.1) is 0 Å². The van der Waals surface area contributed by atoms with Gasteiger partial charge in [-0.2, -0.15) is 0 Å². The average Bonchev–Trinajstić information content (AvgIpc) is 2.55. The van der Waals surface area contributed by atoms with E-state index in [1.807, 2.05) is 60.4 Å². The Morgan fingerprint density at radius 1 is 1.00 bits per heavy atom. The number of piperazine rings is 1. The summed E-state index contributed by atoms with van der Waals surface area (Å²) in [6, 6.07) is 15.7. The van der Waals surface area contributed by atoms with Crippen molar-refractivity contribution in [1.29, 1.82) is 0 Å². The first-order valence-electron chi connectivity index (χ1n) is 7.50. The molecule has 0 aromatic heterocycles. The van der Waals surface area contributed by atoms with Crippen molar-refractivity contribution in [2.24, 2.45) is 0 Å². The molecule has 0 radical (unpaired) electrons. The van der Waals surface area contributed by atoms with Gasteiger partial charge in [-0.3, -0.25) is 4.79 Å². The summed E-state index contributed by atoms with van der Waals surface area (Å²) >= 11 is 5.92. The molecule has 1 fully saturated rings. The summed E-state index contributed by atoms with van der Waals surface area (Å²) in [5.74, 6) is 0.124. The highest BCUT2D eigenvalue weighted by Crippen LogP contribution is 2.20. The average molecular weight is 315 g/mol. The first kappa shape index (κ1) is 14.9. The van der Waals surface area contributed by atoms with Crippen LogP contribution in [0.15, 0.2) is 48.5 Å². The molecule has 1 aliphatic heterocycles. The van der Waals surface area contributed by atoms with E-state index in [4.69, 9.17) is 11.6 Å². The highest BCUT2D eigenvalue weighted by molar-refractivity contribution is 6.30. The third-order valence-corrected chi connectivity index (χ3v) is 4.28. The molecule has 2 aromatic carbocycles. The predicted molar refractivity (Wildman–Crippen MR) is 90.7 cm³/mol. The Labute approximate surface area is 136 Å². The van der Waals surface area contributed by atoms with Gasteiger partial charge in [-0.05, 0) is 43.3 Å². The number of halogens is 1. The van der Waals surface area contributed by atoms with Gasteiger partial charge in [-0.25, -0.2) is 0 Å². The number of rotatable bonds is 2. The van der Waals surface area contributed by atoms with Gasteiger partial charge in [0.1, 0.15) is 0 Å². The van der Waals surface area contributed by atoms with Crippen LogP contribution >= 0.6 is 11.6 Å². The quantitative estimate of drug-likeness (QED) is 0.845. The molecule has 114 valence electrons. The van der Waals surface area contributed by atoms with Crippen molar-refractivity contribution in [2.75, 3.05) is 31.1 Å². The zero-order valence-corrected chi connectivity index (χ0v) is 13.4. The highest BCUT2D eigenvalue weighted by Gasteiger charge is 2.22. The second kappa shape index (κ2) is 6.41. The maximum atomic E-state index is 12.5. The van der Waals surface area contributed by atoms with Crippen molar-refractivity contribution < 1.29 is 4.79 Å². The number of amides is 1. The largest absolute Gasteiger partial charge is 0.368 e. The minimum atomic E-state index is 0.124. The molecular weight excluding hydrogens is 296 g/mol. The number of anilines is 1. The highest BCUT2D eigenvalue weighted by atomic mass is 35.5. The Morgan fingerprint density at radius 2 is 1.68 bits per heavy atom. The standard InChI is InChI=1S/C18H19ClN2O/c1-14-3-2-4-15(13-14)18(22)21-11-9-20(10-12-21)17-7-5-16(19)6-8-17/h2-8,13H,9-12H2,1H3. The number of hydrogen-bond donors (Lipinski definition) is 0. The lowest BCUT2D eigenvalue weighted by atomic mass is 10.1. The van der Waals surface area contributed by atoms with Gasteiger partial charge in [0.25, 0.3) is 5.91 Å². The van der Waals surface area contributed by atoms with Crippen molar-refractivity contribution in [1.82, 2.24) is 4.90 Å². The van der Waals surface area contributed by atoms with Gasteiger partial charge < -0.3 is 9.80 Å². The summed E-state index contributed by atoms with van der Waals surface area (Å²) in [7, 11) is 0. The summed E-state index contributed by atoms with van der Waals surface area (Å²) in [5, 5.41) is 0.747. The van der Waals surface area contributed by atoms with E-state index >= 15 is 0 Å². The Kier molecular flexibility index (Phi) is 4.34. The monoisotopic (exact) mass is 314 g/mol. The first-order valence-corrected chi connectivity index (χ1v) is 7.88. The second-order valence-electron chi connectivity index (χ2n) is 5.63. The number of nitrogens with zero attached hydrogens (tertiary/aromatic N) is 2. The minimum Gasteiger partial charge on any atom is -0.368 e. The smallest absolute Gasteiger partial charge is 0.253 e. The van der Waals surface area contributed by atoms with Crippen LogP contribution in [0.3, 0.4) is 0 Å². The third-order valence-electron chi connectivity index (χ3n) is 4.02. The SMILES string of the molecule is Cc1cccc(C(=O)N2CCN(c3ccc(Cl)cc3)CC2)c1. The van der Waals surface area contributed by atoms with Crippen LogP contribution in [-0.4, -0.2) is 37.0 Å². The van der Waals surface area contributed by atoms with E-state index in [1.54, 1.807) is 0 Å². The Balaban J connectivity index is 1.64. The van der Waals surface area contributed by atoms with E-state index in [1.165, 1.54) is 0 Å². The Bertz CT molecular complexity index is 661. The molecule has 0 saturated carbocycles. The fourth-order valence-corrected chi connectivity index (χ4v) is 2.91. The van der Waals surface area contributed by atoms with Gasteiger partial charge in [0, 0.05) is 42.5 Å². The van der Waals surface area contributed by atoms with Crippen LogP contribution in [0.5, 0.6) is 0 Å². The summed E-state index contributed by atoms with van der Waals surface area (Å²) in [5.41, 5.74) is 3.05. The van der Waals surface area contributed by atoms with E-state index in [-0.39, 0.29) is 5.91 Å². The van der Waals surface area contributed by atoms with Crippen molar-refractivity contribution >= 4 is 23.2 Å². The molecule has 0 atom stereocenters. The molecule has 1 aliphatic rings. The van der Waals surface area contributed by atoms with E-state index < -0.39 is 0 Å². The second-order valence-corrected chi connectivity index (χ2v) is 6.06. The van der Waals surface area contributed by atoms with Gasteiger partial charge in [-0.1, -0.05) is 29.3 Å². The molecule has 1 heterocycles. The van der Waals surface area contributed by atoms with E-state index in [9.17, 15) is 4.79 Å². The molecule has 1 saturated heterocycles. The van der Waals surface area contributed by atoms with Crippen molar-refractivity contribution in [2.45, 2.75) is 6.92 Å². The molecular formula is C18H19ClN2O. The molecule has 1 amide bonds. The number of hydrogen-bond acceptors (Lipinski definition) is 2. The van der Waals surface area contributed by atoms with Crippen molar-refractivity contribution in [3.63, 3.8) is 0 Å². The summed E-state index contributed by atoms with van der Waals surface area (Å²) in [4.78, 5) is 16.7. The molecule has 2 aromatic rings. The molecule has 0 unspecified atom stereocenters. The molecule has 3 nitrogen and oxygen atoms in total. The zero-order chi connectivity index (χ0) is 15.5. The molecule has 4 heteroatoms. The molecule has 0 aliphatic carbocycles. The van der Waals surface area contributed by atoms with E-state index in [0.717, 1.165) is 48.0 Å². The van der Waals surface area contributed by atoms with Crippen molar-refractivity contribution in [3.8, 4) is 0 Å². The molecule has 0 spiro atoms. The number of carbonyl (C=O) groups is 1. The summed E-state index contributed by atoms with van der Waals surface area (Å²) in [6.07, 6.45) is 0.